The predicted octanol–water partition coefficient (Wildman–Crippen LogP) is 1.75. The summed E-state index contributed by atoms with van der Waals surface area (Å²) in [7, 11) is 1.83. The minimum absolute atomic E-state index is 0.0365. The van der Waals surface area contributed by atoms with E-state index in [0.717, 1.165) is 11.3 Å². The Kier molecular flexibility index (Phi) is 4.34. The first-order valence-electron chi connectivity index (χ1n) is 7.33. The van der Waals surface area contributed by atoms with Crippen LogP contribution < -0.4 is 0 Å². The Morgan fingerprint density at radius 1 is 1.52 bits per heavy atom. The predicted molar refractivity (Wildman–Crippen MR) is 77.6 cm³/mol. The van der Waals surface area contributed by atoms with Gasteiger partial charge in [-0.2, -0.15) is 5.10 Å². The van der Waals surface area contributed by atoms with E-state index in [4.69, 9.17) is 0 Å². The molecule has 1 saturated heterocycles. The Balaban J connectivity index is 2.46. The molecule has 0 saturated carbocycles. The third-order valence-corrected chi connectivity index (χ3v) is 4.18. The third kappa shape index (κ3) is 2.94. The Morgan fingerprint density at radius 3 is 2.67 bits per heavy atom. The Bertz CT molecular complexity index is 550. The van der Waals surface area contributed by atoms with E-state index >= 15 is 0 Å². The van der Waals surface area contributed by atoms with Crippen molar-refractivity contribution < 1.29 is 14.7 Å². The van der Waals surface area contributed by atoms with E-state index in [0.29, 0.717) is 25.3 Å². The van der Waals surface area contributed by atoms with Gasteiger partial charge >= 0.3 is 5.97 Å². The lowest BCUT2D eigenvalue weighted by Gasteiger charge is -2.40. The highest BCUT2D eigenvalue weighted by atomic mass is 16.4. The molecule has 0 aromatic carbocycles. The number of rotatable bonds is 4. The second-order valence-corrected chi connectivity index (χ2v) is 6.18. The SMILES string of the molecule is Cc1c(C2C(C(=O)O)CCC(=O)N2CC(C)C)cnn1C. The Labute approximate surface area is 124 Å². The fraction of sp³-hybridized carbons (Fsp3) is 0.667. The number of carboxylic acid groups (broad SMARTS) is 1. The number of carbonyl (C=O) groups is 2. The standard InChI is InChI=1S/C15H23N3O3/c1-9(2)8-18-13(19)6-5-11(15(20)21)14(18)12-7-16-17(4)10(12)3/h7,9,11,14H,5-6,8H2,1-4H3,(H,20,21). The quantitative estimate of drug-likeness (QED) is 0.917. The molecule has 0 bridgehead atoms. The maximum Gasteiger partial charge on any atom is 0.308 e. The number of likely N-dealkylation sites (tertiary alicyclic amines) is 1. The minimum atomic E-state index is -0.843. The molecule has 1 fully saturated rings. The summed E-state index contributed by atoms with van der Waals surface area (Å²) in [6.45, 7) is 6.55. The van der Waals surface area contributed by atoms with Crippen LogP contribution in [0.3, 0.4) is 0 Å². The number of carboxylic acids is 1. The van der Waals surface area contributed by atoms with Gasteiger partial charge in [-0.15, -0.1) is 0 Å². The van der Waals surface area contributed by atoms with Crippen LogP contribution in [0.25, 0.3) is 0 Å². The van der Waals surface area contributed by atoms with E-state index in [1.54, 1.807) is 15.8 Å². The zero-order valence-electron chi connectivity index (χ0n) is 13.0. The average Bonchev–Trinajstić information content (AvgIpc) is 2.71. The lowest BCUT2D eigenvalue weighted by atomic mass is 9.84. The lowest BCUT2D eigenvalue weighted by molar-refractivity contribution is -0.152. The molecular weight excluding hydrogens is 270 g/mol. The molecule has 6 nitrogen and oxygen atoms in total. The van der Waals surface area contributed by atoms with Gasteiger partial charge in [0.1, 0.15) is 0 Å². The molecule has 6 heteroatoms. The first kappa shape index (κ1) is 15.5. The zero-order chi connectivity index (χ0) is 15.7. The van der Waals surface area contributed by atoms with Crippen LogP contribution in [0.4, 0.5) is 0 Å². The van der Waals surface area contributed by atoms with Crippen molar-refractivity contribution in [2.24, 2.45) is 18.9 Å². The van der Waals surface area contributed by atoms with Crippen LogP contribution in [0.1, 0.15) is 44.0 Å². The molecule has 1 aliphatic heterocycles. The molecule has 0 spiro atoms. The number of aromatic nitrogens is 2. The van der Waals surface area contributed by atoms with Gasteiger partial charge in [0.05, 0.1) is 18.2 Å². The van der Waals surface area contributed by atoms with E-state index in [1.807, 2.05) is 27.8 Å². The van der Waals surface area contributed by atoms with Gasteiger partial charge in [-0.3, -0.25) is 14.3 Å². The van der Waals surface area contributed by atoms with Crippen molar-refractivity contribution in [2.75, 3.05) is 6.54 Å². The minimum Gasteiger partial charge on any atom is -0.481 e. The van der Waals surface area contributed by atoms with Crippen LogP contribution in [-0.2, 0) is 16.6 Å². The van der Waals surface area contributed by atoms with Crippen LogP contribution in [0.15, 0.2) is 6.20 Å². The summed E-state index contributed by atoms with van der Waals surface area (Å²) >= 11 is 0. The maximum atomic E-state index is 12.3. The molecule has 2 unspecified atom stereocenters. The van der Waals surface area contributed by atoms with Crippen LogP contribution in [0, 0.1) is 18.8 Å². The van der Waals surface area contributed by atoms with Crippen molar-refractivity contribution in [1.82, 2.24) is 14.7 Å². The molecule has 1 amide bonds. The second-order valence-electron chi connectivity index (χ2n) is 6.18. The number of hydrogen-bond acceptors (Lipinski definition) is 3. The fourth-order valence-corrected chi connectivity index (χ4v) is 3.01. The summed E-state index contributed by atoms with van der Waals surface area (Å²) in [4.78, 5) is 25.7. The number of nitrogens with zero attached hydrogens (tertiary/aromatic N) is 3. The average molecular weight is 293 g/mol. The van der Waals surface area contributed by atoms with Gasteiger partial charge in [-0.25, -0.2) is 0 Å². The molecule has 0 aliphatic carbocycles. The van der Waals surface area contributed by atoms with E-state index in [2.05, 4.69) is 5.10 Å². The van der Waals surface area contributed by atoms with Gasteiger partial charge < -0.3 is 10.0 Å². The number of aliphatic carboxylic acids is 1. The molecule has 116 valence electrons. The third-order valence-electron chi connectivity index (χ3n) is 4.18. The monoisotopic (exact) mass is 293 g/mol. The van der Waals surface area contributed by atoms with Crippen LogP contribution in [-0.4, -0.2) is 38.2 Å². The summed E-state index contributed by atoms with van der Waals surface area (Å²) in [5.74, 6) is -1.08. The molecule has 2 heterocycles. The first-order valence-corrected chi connectivity index (χ1v) is 7.33. The van der Waals surface area contributed by atoms with Gasteiger partial charge in [-0.1, -0.05) is 13.8 Å². The van der Waals surface area contributed by atoms with Gasteiger partial charge in [0.15, 0.2) is 0 Å². The number of carbonyl (C=O) groups excluding carboxylic acids is 1. The fourth-order valence-electron chi connectivity index (χ4n) is 3.01. The van der Waals surface area contributed by atoms with Crippen molar-refractivity contribution in [1.29, 1.82) is 0 Å². The molecule has 1 aliphatic rings. The molecule has 0 radical (unpaired) electrons. The van der Waals surface area contributed by atoms with Gasteiger partial charge in [-0.05, 0) is 19.3 Å². The number of piperidine rings is 1. The van der Waals surface area contributed by atoms with Crippen LogP contribution >= 0.6 is 0 Å². The molecule has 2 rings (SSSR count). The molecule has 21 heavy (non-hydrogen) atoms. The summed E-state index contributed by atoms with van der Waals surface area (Å²) in [6, 6.07) is -0.417. The highest BCUT2D eigenvalue weighted by Gasteiger charge is 2.42. The second kappa shape index (κ2) is 5.87. The van der Waals surface area contributed by atoms with Gasteiger partial charge in [0.2, 0.25) is 5.91 Å². The summed E-state index contributed by atoms with van der Waals surface area (Å²) in [5, 5.41) is 13.8. The van der Waals surface area contributed by atoms with Crippen molar-refractivity contribution in [3.63, 3.8) is 0 Å². The molecule has 1 aromatic rings. The van der Waals surface area contributed by atoms with Gasteiger partial charge in [0, 0.05) is 31.3 Å². The van der Waals surface area contributed by atoms with E-state index in [9.17, 15) is 14.7 Å². The van der Waals surface area contributed by atoms with E-state index < -0.39 is 17.9 Å². The highest BCUT2D eigenvalue weighted by molar-refractivity contribution is 5.81. The summed E-state index contributed by atoms with van der Waals surface area (Å²) in [5.41, 5.74) is 1.76. The van der Waals surface area contributed by atoms with E-state index in [1.165, 1.54) is 0 Å². The van der Waals surface area contributed by atoms with Crippen LogP contribution in [0.2, 0.25) is 0 Å². The number of hydrogen-bond donors (Lipinski definition) is 1. The number of aryl methyl sites for hydroxylation is 1. The molecule has 1 N–H and O–H groups in total. The van der Waals surface area contributed by atoms with Crippen molar-refractivity contribution in [3.8, 4) is 0 Å². The molecular formula is C15H23N3O3. The normalized spacial score (nSPS) is 22.9. The summed E-state index contributed by atoms with van der Waals surface area (Å²) < 4.78 is 1.72. The molecule has 1 aromatic heterocycles. The zero-order valence-corrected chi connectivity index (χ0v) is 13.0. The largest absolute Gasteiger partial charge is 0.481 e. The first-order chi connectivity index (χ1) is 9.82. The summed E-state index contributed by atoms with van der Waals surface area (Å²) in [6.07, 6.45) is 2.39. The number of amides is 1. The van der Waals surface area contributed by atoms with E-state index in [-0.39, 0.29) is 5.91 Å². The van der Waals surface area contributed by atoms with Crippen molar-refractivity contribution >= 4 is 11.9 Å². The van der Waals surface area contributed by atoms with Crippen LogP contribution in [0.5, 0.6) is 0 Å². The van der Waals surface area contributed by atoms with Crippen molar-refractivity contribution in [2.45, 2.75) is 39.7 Å². The lowest BCUT2D eigenvalue weighted by Crippen LogP contribution is -2.46. The maximum absolute atomic E-state index is 12.3. The molecule has 2 atom stereocenters. The topological polar surface area (TPSA) is 75.4 Å². The smallest absolute Gasteiger partial charge is 0.308 e. The van der Waals surface area contributed by atoms with Gasteiger partial charge in [0.25, 0.3) is 0 Å². The Morgan fingerprint density at radius 2 is 2.19 bits per heavy atom. The highest BCUT2D eigenvalue weighted by Crippen LogP contribution is 2.38. The van der Waals surface area contributed by atoms with Crippen molar-refractivity contribution in [3.05, 3.63) is 17.5 Å². The Hall–Kier alpha value is -1.85.